The Hall–Kier alpha value is -3.86. The van der Waals surface area contributed by atoms with Crippen LogP contribution in [0.2, 0.25) is 0 Å². The maximum atomic E-state index is 11.7. The van der Waals surface area contributed by atoms with Crippen molar-refractivity contribution in [2.45, 2.75) is 6.42 Å². The number of aliphatic carboxylic acids is 1. The second-order valence-corrected chi connectivity index (χ2v) is 6.59. The second kappa shape index (κ2) is 8.02. The van der Waals surface area contributed by atoms with Gasteiger partial charge in [0, 0.05) is 16.7 Å². The van der Waals surface area contributed by atoms with Crippen LogP contribution in [0.1, 0.15) is 5.56 Å². The summed E-state index contributed by atoms with van der Waals surface area (Å²) in [7, 11) is 1.61. The minimum atomic E-state index is -0.899. The standard InChI is InChI=1S/C24H20N2O3/c1-29-20-14-12-17(13-15-20)23-21(16-22(27)28)24(18-8-4-2-5-9-18)26(25-23)19-10-6-3-7-11-19/h2-15H,16H2,1H3,(H,27,28). The molecule has 0 atom stereocenters. The summed E-state index contributed by atoms with van der Waals surface area (Å²) >= 11 is 0. The molecule has 1 heterocycles. The maximum Gasteiger partial charge on any atom is 0.307 e. The van der Waals surface area contributed by atoms with Crippen LogP contribution in [-0.2, 0) is 11.2 Å². The van der Waals surface area contributed by atoms with E-state index in [1.807, 2.05) is 89.6 Å². The molecule has 0 amide bonds. The Morgan fingerprint density at radius 2 is 1.52 bits per heavy atom. The third-order valence-corrected chi connectivity index (χ3v) is 4.72. The van der Waals surface area contributed by atoms with Gasteiger partial charge in [-0.2, -0.15) is 5.10 Å². The van der Waals surface area contributed by atoms with Gasteiger partial charge < -0.3 is 9.84 Å². The number of hydrogen-bond donors (Lipinski definition) is 1. The molecule has 0 aliphatic rings. The first kappa shape index (κ1) is 18.5. The van der Waals surface area contributed by atoms with Crippen molar-refractivity contribution < 1.29 is 14.6 Å². The van der Waals surface area contributed by atoms with Gasteiger partial charge >= 0.3 is 5.97 Å². The molecule has 0 fully saturated rings. The van der Waals surface area contributed by atoms with E-state index in [0.29, 0.717) is 11.3 Å². The average molecular weight is 384 g/mol. The molecule has 144 valence electrons. The van der Waals surface area contributed by atoms with Crippen LogP contribution in [0.5, 0.6) is 5.75 Å². The molecule has 1 N–H and O–H groups in total. The summed E-state index contributed by atoms with van der Waals surface area (Å²) in [5.74, 6) is -0.163. The van der Waals surface area contributed by atoms with Crippen LogP contribution < -0.4 is 4.74 Å². The molecule has 5 nitrogen and oxygen atoms in total. The van der Waals surface area contributed by atoms with Crippen molar-refractivity contribution in [3.8, 4) is 34.0 Å². The van der Waals surface area contributed by atoms with Crippen LogP contribution in [0.15, 0.2) is 84.9 Å². The number of carboxylic acid groups (broad SMARTS) is 1. The molecular weight excluding hydrogens is 364 g/mol. The van der Waals surface area contributed by atoms with E-state index in [2.05, 4.69) is 0 Å². The van der Waals surface area contributed by atoms with Gasteiger partial charge in [0.1, 0.15) is 5.75 Å². The van der Waals surface area contributed by atoms with E-state index in [1.54, 1.807) is 7.11 Å². The number of aromatic nitrogens is 2. The van der Waals surface area contributed by atoms with Crippen molar-refractivity contribution >= 4 is 5.97 Å². The van der Waals surface area contributed by atoms with E-state index in [1.165, 1.54) is 0 Å². The summed E-state index contributed by atoms with van der Waals surface area (Å²) in [6.07, 6.45) is -0.127. The maximum absolute atomic E-state index is 11.7. The number of hydrogen-bond acceptors (Lipinski definition) is 3. The summed E-state index contributed by atoms with van der Waals surface area (Å²) in [5, 5.41) is 14.5. The van der Waals surface area contributed by atoms with Gasteiger partial charge in [-0.3, -0.25) is 4.79 Å². The number of carbonyl (C=O) groups is 1. The van der Waals surface area contributed by atoms with E-state index < -0.39 is 5.97 Å². The highest BCUT2D eigenvalue weighted by atomic mass is 16.5. The van der Waals surface area contributed by atoms with Crippen LogP contribution >= 0.6 is 0 Å². The minimum absolute atomic E-state index is 0.127. The van der Waals surface area contributed by atoms with Crippen molar-refractivity contribution in [3.63, 3.8) is 0 Å². The zero-order chi connectivity index (χ0) is 20.2. The first-order valence-corrected chi connectivity index (χ1v) is 9.26. The third-order valence-electron chi connectivity index (χ3n) is 4.72. The summed E-state index contributed by atoms with van der Waals surface area (Å²) in [6, 6.07) is 27.0. The molecule has 4 rings (SSSR count). The number of ether oxygens (including phenoxy) is 1. The normalized spacial score (nSPS) is 10.7. The van der Waals surface area contributed by atoms with E-state index in [4.69, 9.17) is 9.84 Å². The second-order valence-electron chi connectivity index (χ2n) is 6.59. The highest BCUT2D eigenvalue weighted by Crippen LogP contribution is 2.35. The van der Waals surface area contributed by atoms with Crippen LogP contribution in [0.3, 0.4) is 0 Å². The summed E-state index contributed by atoms with van der Waals surface area (Å²) < 4.78 is 7.07. The van der Waals surface area contributed by atoms with Gasteiger partial charge in [-0.1, -0.05) is 48.5 Å². The molecule has 4 aromatic rings. The lowest BCUT2D eigenvalue weighted by molar-refractivity contribution is -0.136. The number of benzene rings is 3. The Kier molecular flexibility index (Phi) is 5.12. The van der Waals surface area contributed by atoms with Crippen LogP contribution in [0, 0.1) is 0 Å². The predicted molar refractivity (Wildman–Crippen MR) is 112 cm³/mol. The van der Waals surface area contributed by atoms with Gasteiger partial charge in [-0.15, -0.1) is 0 Å². The fraction of sp³-hybridized carbons (Fsp3) is 0.0833. The zero-order valence-corrected chi connectivity index (χ0v) is 15.9. The molecule has 0 saturated heterocycles. The highest BCUT2D eigenvalue weighted by Gasteiger charge is 2.23. The molecule has 0 aliphatic heterocycles. The number of nitrogens with zero attached hydrogens (tertiary/aromatic N) is 2. The Morgan fingerprint density at radius 3 is 2.10 bits per heavy atom. The van der Waals surface area contributed by atoms with Gasteiger partial charge in [-0.25, -0.2) is 4.68 Å². The Balaban J connectivity index is 2.00. The van der Waals surface area contributed by atoms with Crippen LogP contribution in [0.4, 0.5) is 0 Å². The van der Waals surface area contributed by atoms with Gasteiger partial charge in [0.25, 0.3) is 0 Å². The minimum Gasteiger partial charge on any atom is -0.497 e. The summed E-state index contributed by atoms with van der Waals surface area (Å²) in [6.45, 7) is 0. The lowest BCUT2D eigenvalue weighted by atomic mass is 9.99. The monoisotopic (exact) mass is 384 g/mol. The Labute approximate surface area is 168 Å². The molecule has 1 aromatic heterocycles. The molecule has 5 heteroatoms. The molecule has 0 spiro atoms. The summed E-state index contributed by atoms with van der Waals surface area (Å²) in [5.41, 5.74) is 4.74. The molecule has 0 bridgehead atoms. The molecule has 0 saturated carbocycles. The van der Waals surface area contributed by atoms with Crippen molar-refractivity contribution in [2.24, 2.45) is 0 Å². The Bertz CT molecular complexity index is 1120. The highest BCUT2D eigenvalue weighted by molar-refractivity contribution is 5.82. The van der Waals surface area contributed by atoms with Gasteiger partial charge in [0.2, 0.25) is 0 Å². The summed E-state index contributed by atoms with van der Waals surface area (Å²) in [4.78, 5) is 11.7. The number of methoxy groups -OCH3 is 1. The van der Waals surface area contributed by atoms with Gasteiger partial charge in [0.15, 0.2) is 0 Å². The molecule has 3 aromatic carbocycles. The molecular formula is C24H20N2O3. The van der Waals surface area contributed by atoms with E-state index in [-0.39, 0.29) is 6.42 Å². The lowest BCUT2D eigenvalue weighted by Gasteiger charge is -2.09. The first-order valence-electron chi connectivity index (χ1n) is 9.26. The van der Waals surface area contributed by atoms with E-state index >= 15 is 0 Å². The van der Waals surface area contributed by atoms with Gasteiger partial charge in [-0.05, 0) is 36.4 Å². The van der Waals surface area contributed by atoms with E-state index in [0.717, 1.165) is 28.3 Å². The van der Waals surface area contributed by atoms with Crippen molar-refractivity contribution in [1.82, 2.24) is 9.78 Å². The van der Waals surface area contributed by atoms with Crippen molar-refractivity contribution in [1.29, 1.82) is 0 Å². The van der Waals surface area contributed by atoms with Gasteiger partial charge in [0.05, 0.1) is 30.6 Å². The first-order chi connectivity index (χ1) is 14.2. The topological polar surface area (TPSA) is 64.4 Å². The number of para-hydroxylation sites is 1. The lowest BCUT2D eigenvalue weighted by Crippen LogP contribution is -2.04. The smallest absolute Gasteiger partial charge is 0.307 e. The zero-order valence-electron chi connectivity index (χ0n) is 15.9. The van der Waals surface area contributed by atoms with Crippen LogP contribution in [0.25, 0.3) is 28.2 Å². The SMILES string of the molecule is COc1ccc(-c2nn(-c3ccccc3)c(-c3ccccc3)c2CC(=O)O)cc1. The quantitative estimate of drug-likeness (QED) is 0.517. The largest absolute Gasteiger partial charge is 0.497 e. The molecule has 0 unspecified atom stereocenters. The molecule has 0 radical (unpaired) electrons. The van der Waals surface area contributed by atoms with Crippen molar-refractivity contribution in [2.75, 3.05) is 7.11 Å². The average Bonchev–Trinajstić information content (AvgIpc) is 3.13. The number of carboxylic acids is 1. The molecule has 0 aliphatic carbocycles. The van der Waals surface area contributed by atoms with Crippen molar-refractivity contribution in [3.05, 3.63) is 90.5 Å². The number of rotatable bonds is 6. The fourth-order valence-corrected chi connectivity index (χ4v) is 3.40. The van der Waals surface area contributed by atoms with Crippen LogP contribution in [-0.4, -0.2) is 28.0 Å². The molecule has 29 heavy (non-hydrogen) atoms. The Morgan fingerprint density at radius 1 is 0.897 bits per heavy atom. The third kappa shape index (κ3) is 3.75. The predicted octanol–water partition coefficient (Wildman–Crippen LogP) is 4.84. The fourth-order valence-electron chi connectivity index (χ4n) is 3.40. The van der Waals surface area contributed by atoms with E-state index in [9.17, 15) is 9.90 Å².